The molecular formula is C9H14N2OS3. The second-order valence-corrected chi connectivity index (χ2v) is 6.09. The highest BCUT2D eigenvalue weighted by molar-refractivity contribution is 8.13. The summed E-state index contributed by atoms with van der Waals surface area (Å²) in [6.45, 7) is 2.00. The van der Waals surface area contributed by atoms with Gasteiger partial charge in [-0.15, -0.1) is 0 Å². The van der Waals surface area contributed by atoms with E-state index in [4.69, 9.17) is 12.2 Å². The second-order valence-electron chi connectivity index (χ2n) is 3.02. The van der Waals surface area contributed by atoms with Gasteiger partial charge in [-0.2, -0.15) is 5.10 Å². The molecule has 0 amide bonds. The molecule has 0 fully saturated rings. The van der Waals surface area contributed by atoms with Gasteiger partial charge in [-0.3, -0.25) is 9.89 Å². The normalized spacial score (nSPS) is 10.5. The van der Waals surface area contributed by atoms with Crippen LogP contribution in [0.1, 0.15) is 31.2 Å². The summed E-state index contributed by atoms with van der Waals surface area (Å²) in [6.07, 6.45) is 3.54. The third-order valence-electron chi connectivity index (χ3n) is 1.81. The Kier molecular flexibility index (Phi) is 6.12. The molecule has 0 saturated heterocycles. The molecule has 0 aliphatic heterocycles. The van der Waals surface area contributed by atoms with E-state index in [1.54, 1.807) is 0 Å². The first kappa shape index (κ1) is 12.9. The number of aryl methyl sites for hydroxylation is 1. The number of hydrogen-bond donors (Lipinski definition) is 1. The Hall–Kier alpha value is -0.200. The van der Waals surface area contributed by atoms with Crippen LogP contribution in [0.4, 0.5) is 0 Å². The maximum Gasteiger partial charge on any atom is 0.188 e. The van der Waals surface area contributed by atoms with Crippen LogP contribution < -0.4 is 0 Å². The number of nitrogens with zero attached hydrogens (tertiary/aromatic N) is 1. The minimum Gasteiger partial charge on any atom is -0.287 e. The average Bonchev–Trinajstić information content (AvgIpc) is 2.60. The van der Waals surface area contributed by atoms with Gasteiger partial charge in [-0.25, -0.2) is 0 Å². The minimum atomic E-state index is 0.298. The summed E-state index contributed by atoms with van der Waals surface area (Å²) in [5, 5.41) is 8.15. The lowest BCUT2D eigenvalue weighted by Gasteiger charge is -1.97. The van der Waals surface area contributed by atoms with E-state index in [0.29, 0.717) is 11.5 Å². The molecule has 84 valence electrons. The van der Waals surface area contributed by atoms with Crippen LogP contribution in [0.2, 0.25) is 0 Å². The van der Waals surface area contributed by atoms with Crippen LogP contribution in [0.15, 0.2) is 0 Å². The van der Waals surface area contributed by atoms with Crippen LogP contribution in [0.3, 0.4) is 0 Å². The zero-order chi connectivity index (χ0) is 11.1. The van der Waals surface area contributed by atoms with Crippen LogP contribution in [-0.4, -0.2) is 21.1 Å². The number of carbonyl (C=O) groups excluding carboxylic acids is 1. The lowest BCUT2D eigenvalue weighted by Crippen LogP contribution is -1.93. The van der Waals surface area contributed by atoms with E-state index >= 15 is 0 Å². The first-order valence-corrected chi connectivity index (χ1v) is 7.13. The zero-order valence-electron chi connectivity index (χ0n) is 8.62. The molecular weight excluding hydrogens is 248 g/mol. The number of thioether (sulfide) groups is 1. The summed E-state index contributed by atoms with van der Waals surface area (Å²) < 4.78 is 0.725. The Morgan fingerprint density at radius 3 is 3.00 bits per heavy atom. The van der Waals surface area contributed by atoms with Crippen molar-refractivity contribution in [2.45, 2.75) is 32.6 Å². The summed E-state index contributed by atoms with van der Waals surface area (Å²) >= 11 is 7.85. The third-order valence-corrected chi connectivity index (χ3v) is 3.77. The van der Waals surface area contributed by atoms with Gasteiger partial charge in [0, 0.05) is 12.8 Å². The highest BCUT2D eigenvalue weighted by Gasteiger charge is 2.02. The number of nitrogens with one attached hydrogen (secondary N) is 1. The molecule has 1 heterocycles. The maximum absolute atomic E-state index is 11.2. The summed E-state index contributed by atoms with van der Waals surface area (Å²) in [5.74, 6) is 0.875. The molecule has 1 rings (SSSR count). The highest BCUT2D eigenvalue weighted by Crippen LogP contribution is 2.12. The van der Waals surface area contributed by atoms with Crippen LogP contribution >= 0.6 is 35.3 Å². The van der Waals surface area contributed by atoms with Gasteiger partial charge in [0.15, 0.2) is 9.07 Å². The first-order chi connectivity index (χ1) is 7.22. The van der Waals surface area contributed by atoms with Crippen molar-refractivity contribution in [2.24, 2.45) is 0 Å². The molecule has 1 N–H and O–H groups in total. The molecule has 1 aromatic heterocycles. The number of aromatic amines is 1. The van der Waals surface area contributed by atoms with Gasteiger partial charge in [-0.1, -0.05) is 30.0 Å². The van der Waals surface area contributed by atoms with E-state index in [9.17, 15) is 4.79 Å². The quantitative estimate of drug-likeness (QED) is 0.632. The molecule has 3 nitrogen and oxygen atoms in total. The van der Waals surface area contributed by atoms with Gasteiger partial charge in [0.1, 0.15) is 5.01 Å². The van der Waals surface area contributed by atoms with Gasteiger partial charge < -0.3 is 0 Å². The molecule has 0 atom stereocenters. The van der Waals surface area contributed by atoms with E-state index in [0.717, 1.165) is 34.0 Å². The summed E-state index contributed by atoms with van der Waals surface area (Å²) in [5.41, 5.74) is 0. The standard InChI is InChI=1S/C9H14N2OS3/c1-2-14-8(12)6-4-3-5-7-10-11-9(13)15-7/h2-6H2,1H3,(H,11,13). The van der Waals surface area contributed by atoms with Crippen molar-refractivity contribution in [3.8, 4) is 0 Å². The van der Waals surface area contributed by atoms with Crippen LogP contribution in [0, 0.1) is 3.95 Å². The van der Waals surface area contributed by atoms with E-state index in [-0.39, 0.29) is 0 Å². The fraction of sp³-hybridized carbons (Fsp3) is 0.667. The molecule has 0 aliphatic rings. The number of rotatable bonds is 6. The van der Waals surface area contributed by atoms with E-state index in [1.165, 1.54) is 23.1 Å². The lowest BCUT2D eigenvalue weighted by atomic mass is 10.2. The zero-order valence-corrected chi connectivity index (χ0v) is 11.1. The maximum atomic E-state index is 11.2. The third kappa shape index (κ3) is 5.44. The van der Waals surface area contributed by atoms with Crippen LogP contribution in [-0.2, 0) is 11.2 Å². The SMILES string of the molecule is CCSC(=O)CCCCc1n[nH]c(=S)s1. The molecule has 0 aromatic carbocycles. The van der Waals surface area contributed by atoms with E-state index in [1.807, 2.05) is 6.92 Å². The Labute approximate surface area is 103 Å². The van der Waals surface area contributed by atoms with Crippen LogP contribution in [0.25, 0.3) is 0 Å². The topological polar surface area (TPSA) is 45.8 Å². The Bertz CT molecular complexity index is 358. The number of H-pyrrole nitrogens is 1. The minimum absolute atomic E-state index is 0.298. The van der Waals surface area contributed by atoms with Crippen molar-refractivity contribution >= 4 is 40.4 Å². The second kappa shape index (κ2) is 7.14. The molecule has 0 aliphatic carbocycles. The summed E-state index contributed by atoms with van der Waals surface area (Å²) in [4.78, 5) is 11.2. The van der Waals surface area contributed by atoms with Gasteiger partial charge in [0.25, 0.3) is 0 Å². The number of aromatic nitrogens is 2. The summed E-state index contributed by atoms with van der Waals surface area (Å²) in [7, 11) is 0. The Morgan fingerprint density at radius 2 is 2.40 bits per heavy atom. The van der Waals surface area contributed by atoms with Crippen LogP contribution in [0.5, 0.6) is 0 Å². The molecule has 0 spiro atoms. The Balaban J connectivity index is 2.12. The number of hydrogen-bond acceptors (Lipinski definition) is 5. The van der Waals surface area contributed by atoms with Crippen molar-refractivity contribution in [1.29, 1.82) is 0 Å². The molecule has 0 saturated carbocycles. The van der Waals surface area contributed by atoms with Gasteiger partial charge in [-0.05, 0) is 30.8 Å². The molecule has 15 heavy (non-hydrogen) atoms. The lowest BCUT2D eigenvalue weighted by molar-refractivity contribution is -0.111. The fourth-order valence-electron chi connectivity index (χ4n) is 1.15. The highest BCUT2D eigenvalue weighted by atomic mass is 32.2. The molecule has 6 heteroatoms. The smallest absolute Gasteiger partial charge is 0.188 e. The predicted octanol–water partition coefficient (Wildman–Crippen LogP) is 3.19. The number of carbonyl (C=O) groups is 1. The summed E-state index contributed by atoms with van der Waals surface area (Å²) in [6, 6.07) is 0. The number of unbranched alkanes of at least 4 members (excludes halogenated alkanes) is 1. The first-order valence-electron chi connectivity index (χ1n) is 4.92. The van der Waals surface area contributed by atoms with Gasteiger partial charge in [0.05, 0.1) is 0 Å². The predicted molar refractivity (Wildman–Crippen MR) is 68.0 cm³/mol. The van der Waals surface area contributed by atoms with Gasteiger partial charge in [0.2, 0.25) is 0 Å². The van der Waals surface area contributed by atoms with Crippen molar-refractivity contribution in [3.63, 3.8) is 0 Å². The largest absolute Gasteiger partial charge is 0.287 e. The molecule has 0 radical (unpaired) electrons. The van der Waals surface area contributed by atoms with Crippen molar-refractivity contribution in [2.75, 3.05) is 5.75 Å². The fourth-order valence-corrected chi connectivity index (χ4v) is 2.73. The monoisotopic (exact) mass is 262 g/mol. The van der Waals surface area contributed by atoms with E-state index < -0.39 is 0 Å². The van der Waals surface area contributed by atoms with Crippen molar-refractivity contribution < 1.29 is 4.79 Å². The average molecular weight is 262 g/mol. The van der Waals surface area contributed by atoms with Gasteiger partial charge >= 0.3 is 0 Å². The van der Waals surface area contributed by atoms with E-state index in [2.05, 4.69) is 10.2 Å². The molecule has 0 unspecified atom stereocenters. The Morgan fingerprint density at radius 1 is 1.60 bits per heavy atom. The molecule has 1 aromatic rings. The molecule has 0 bridgehead atoms. The van der Waals surface area contributed by atoms with Crippen molar-refractivity contribution in [1.82, 2.24) is 10.2 Å². The van der Waals surface area contributed by atoms with Crippen molar-refractivity contribution in [3.05, 3.63) is 8.96 Å².